The van der Waals surface area contributed by atoms with Crippen LogP contribution in [-0.2, 0) is 9.84 Å². The highest BCUT2D eigenvalue weighted by Gasteiger charge is 2.12. The molecule has 0 spiro atoms. The van der Waals surface area contributed by atoms with Crippen molar-refractivity contribution in [1.82, 2.24) is 4.98 Å². The Morgan fingerprint density at radius 3 is 2.52 bits per heavy atom. The van der Waals surface area contributed by atoms with Gasteiger partial charge < -0.3 is 0 Å². The molecule has 2 aromatic carbocycles. The predicted octanol–water partition coefficient (Wildman–Crippen LogP) is 3.61. The van der Waals surface area contributed by atoms with Gasteiger partial charge in [-0.3, -0.25) is 10.1 Å². The lowest BCUT2D eigenvalue weighted by molar-refractivity contribution is 0.102. The number of nitrogens with zero attached hydrogens (tertiary/aromatic N) is 1. The Hall–Kier alpha value is -2.58. The van der Waals surface area contributed by atoms with Crippen LogP contribution >= 0.6 is 11.3 Å². The first-order chi connectivity index (χ1) is 11.8. The van der Waals surface area contributed by atoms with E-state index >= 15 is 0 Å². The molecule has 3 rings (SSSR count). The monoisotopic (exact) mass is 376 g/mol. The van der Waals surface area contributed by atoms with Crippen molar-refractivity contribution in [2.45, 2.75) is 4.90 Å². The number of hydrogen-bond acceptors (Lipinski definition) is 5. The summed E-state index contributed by atoms with van der Waals surface area (Å²) in [5.41, 5.74) is 1.50. The van der Waals surface area contributed by atoms with Crippen LogP contribution in [-0.4, -0.2) is 25.6 Å². The number of nitrogens with one attached hydrogen (secondary N) is 1. The van der Waals surface area contributed by atoms with E-state index in [0.29, 0.717) is 22.0 Å². The number of rotatable bonds is 4. The van der Waals surface area contributed by atoms with Crippen LogP contribution in [0, 0.1) is 5.82 Å². The van der Waals surface area contributed by atoms with E-state index in [4.69, 9.17) is 0 Å². The molecule has 0 aliphatic carbocycles. The zero-order valence-corrected chi connectivity index (χ0v) is 14.7. The molecule has 5 nitrogen and oxygen atoms in total. The van der Waals surface area contributed by atoms with Crippen LogP contribution in [0.2, 0.25) is 0 Å². The number of carbonyl (C=O) groups is 1. The van der Waals surface area contributed by atoms with Crippen molar-refractivity contribution >= 4 is 32.2 Å². The normalized spacial score (nSPS) is 11.3. The highest BCUT2D eigenvalue weighted by molar-refractivity contribution is 7.90. The van der Waals surface area contributed by atoms with Gasteiger partial charge in [-0.15, -0.1) is 11.3 Å². The van der Waals surface area contributed by atoms with E-state index in [-0.39, 0.29) is 10.7 Å². The highest BCUT2D eigenvalue weighted by Crippen LogP contribution is 2.25. The third-order valence-corrected chi connectivity index (χ3v) is 5.28. The topological polar surface area (TPSA) is 76.1 Å². The highest BCUT2D eigenvalue weighted by atomic mass is 32.2. The van der Waals surface area contributed by atoms with Crippen LogP contribution in [0.15, 0.2) is 58.8 Å². The van der Waals surface area contributed by atoms with Gasteiger partial charge in [0.1, 0.15) is 5.82 Å². The van der Waals surface area contributed by atoms with Crippen molar-refractivity contribution in [3.63, 3.8) is 0 Å². The van der Waals surface area contributed by atoms with E-state index in [1.807, 2.05) is 0 Å². The molecule has 0 saturated carbocycles. The summed E-state index contributed by atoms with van der Waals surface area (Å²) < 4.78 is 36.1. The van der Waals surface area contributed by atoms with Gasteiger partial charge in [-0.2, -0.15) is 0 Å². The Balaban J connectivity index is 1.75. The number of thiazole rings is 1. The minimum atomic E-state index is -3.31. The minimum Gasteiger partial charge on any atom is -0.298 e. The van der Waals surface area contributed by atoms with Gasteiger partial charge in [-0.05, 0) is 36.4 Å². The molecule has 8 heteroatoms. The summed E-state index contributed by atoms with van der Waals surface area (Å²) in [7, 11) is -3.31. The Morgan fingerprint density at radius 1 is 1.16 bits per heavy atom. The summed E-state index contributed by atoms with van der Waals surface area (Å²) in [5, 5.41) is 4.74. The lowest BCUT2D eigenvalue weighted by atomic mass is 10.2. The molecule has 0 saturated heterocycles. The molecule has 0 bridgehead atoms. The van der Waals surface area contributed by atoms with E-state index in [1.54, 1.807) is 17.5 Å². The van der Waals surface area contributed by atoms with Crippen molar-refractivity contribution in [3.8, 4) is 11.3 Å². The fourth-order valence-electron chi connectivity index (χ4n) is 2.13. The van der Waals surface area contributed by atoms with Gasteiger partial charge >= 0.3 is 0 Å². The third kappa shape index (κ3) is 4.09. The zero-order chi connectivity index (χ0) is 18.0. The van der Waals surface area contributed by atoms with Gasteiger partial charge in [0, 0.05) is 22.8 Å². The molecule has 0 radical (unpaired) electrons. The molecule has 0 unspecified atom stereocenters. The average molecular weight is 376 g/mol. The molecule has 0 aliphatic rings. The van der Waals surface area contributed by atoms with E-state index in [1.165, 1.54) is 47.7 Å². The van der Waals surface area contributed by atoms with Crippen LogP contribution < -0.4 is 5.32 Å². The summed E-state index contributed by atoms with van der Waals surface area (Å²) >= 11 is 1.22. The second-order valence-electron chi connectivity index (χ2n) is 5.30. The average Bonchev–Trinajstić information content (AvgIpc) is 3.03. The second-order valence-corrected chi connectivity index (χ2v) is 8.17. The molecule has 3 aromatic rings. The molecule has 0 aliphatic heterocycles. The van der Waals surface area contributed by atoms with Crippen molar-refractivity contribution in [3.05, 3.63) is 65.3 Å². The maximum absolute atomic E-state index is 13.3. The van der Waals surface area contributed by atoms with Crippen LogP contribution in [0.25, 0.3) is 11.3 Å². The Bertz CT molecular complexity index is 1030. The molecular weight excluding hydrogens is 363 g/mol. The summed E-state index contributed by atoms with van der Waals surface area (Å²) in [4.78, 5) is 16.6. The largest absolute Gasteiger partial charge is 0.298 e. The van der Waals surface area contributed by atoms with Crippen molar-refractivity contribution in [2.75, 3.05) is 11.6 Å². The quantitative estimate of drug-likeness (QED) is 0.755. The zero-order valence-electron chi connectivity index (χ0n) is 13.1. The summed E-state index contributed by atoms with van der Waals surface area (Å²) in [6.07, 6.45) is 1.10. The first kappa shape index (κ1) is 17.2. The molecule has 1 aromatic heterocycles. The molecule has 0 fully saturated rings. The van der Waals surface area contributed by atoms with Gasteiger partial charge in [0.25, 0.3) is 5.91 Å². The van der Waals surface area contributed by atoms with Crippen LogP contribution in [0.3, 0.4) is 0 Å². The number of aromatic nitrogens is 1. The fourth-order valence-corrected chi connectivity index (χ4v) is 3.48. The molecule has 128 valence electrons. The van der Waals surface area contributed by atoms with E-state index < -0.39 is 15.7 Å². The summed E-state index contributed by atoms with van der Waals surface area (Å²) in [6, 6.07) is 11.7. The number of carbonyl (C=O) groups excluding carboxylic acids is 1. The van der Waals surface area contributed by atoms with Crippen LogP contribution in [0.1, 0.15) is 10.4 Å². The Labute approximate surface area is 148 Å². The van der Waals surface area contributed by atoms with Crippen LogP contribution in [0.5, 0.6) is 0 Å². The number of benzene rings is 2. The number of sulfone groups is 1. The first-order valence-corrected chi connectivity index (χ1v) is 9.93. The molecule has 1 N–H and O–H groups in total. The standard InChI is InChI=1S/C17H13FN2O3S2/c1-25(22,23)14-7-5-11(6-8-14)16(21)20-17-19-15(10-24-17)12-3-2-4-13(18)9-12/h2-10H,1H3,(H,19,20,21). The Morgan fingerprint density at radius 2 is 1.88 bits per heavy atom. The smallest absolute Gasteiger partial charge is 0.257 e. The van der Waals surface area contributed by atoms with Gasteiger partial charge in [0.05, 0.1) is 10.6 Å². The van der Waals surface area contributed by atoms with Crippen molar-refractivity contribution in [1.29, 1.82) is 0 Å². The van der Waals surface area contributed by atoms with Crippen molar-refractivity contribution < 1.29 is 17.6 Å². The van der Waals surface area contributed by atoms with Gasteiger partial charge in [0.2, 0.25) is 0 Å². The van der Waals surface area contributed by atoms with Crippen LogP contribution in [0.4, 0.5) is 9.52 Å². The van der Waals surface area contributed by atoms with Gasteiger partial charge in [-0.1, -0.05) is 12.1 Å². The number of hydrogen-bond donors (Lipinski definition) is 1. The second kappa shape index (κ2) is 6.73. The first-order valence-electron chi connectivity index (χ1n) is 7.16. The van der Waals surface area contributed by atoms with E-state index in [9.17, 15) is 17.6 Å². The molecular formula is C17H13FN2O3S2. The predicted molar refractivity (Wildman–Crippen MR) is 95.0 cm³/mol. The molecule has 1 heterocycles. The van der Waals surface area contributed by atoms with E-state index in [0.717, 1.165) is 6.26 Å². The fraction of sp³-hybridized carbons (Fsp3) is 0.0588. The number of halogens is 1. The van der Waals surface area contributed by atoms with E-state index in [2.05, 4.69) is 10.3 Å². The van der Waals surface area contributed by atoms with Gasteiger partial charge in [0.15, 0.2) is 15.0 Å². The summed E-state index contributed by atoms with van der Waals surface area (Å²) in [5.74, 6) is -0.762. The third-order valence-electron chi connectivity index (χ3n) is 3.39. The number of amides is 1. The SMILES string of the molecule is CS(=O)(=O)c1ccc(C(=O)Nc2nc(-c3cccc(F)c3)cs2)cc1. The molecule has 0 atom stereocenters. The number of anilines is 1. The lowest BCUT2D eigenvalue weighted by Gasteiger charge is -2.03. The Kier molecular flexibility index (Phi) is 4.65. The maximum atomic E-state index is 13.3. The summed E-state index contributed by atoms with van der Waals surface area (Å²) in [6.45, 7) is 0. The minimum absolute atomic E-state index is 0.145. The lowest BCUT2D eigenvalue weighted by Crippen LogP contribution is -2.11. The maximum Gasteiger partial charge on any atom is 0.257 e. The molecule has 25 heavy (non-hydrogen) atoms. The van der Waals surface area contributed by atoms with Crippen molar-refractivity contribution in [2.24, 2.45) is 0 Å². The molecule has 1 amide bonds. The van der Waals surface area contributed by atoms with Gasteiger partial charge in [-0.25, -0.2) is 17.8 Å².